The van der Waals surface area contributed by atoms with Crippen molar-refractivity contribution in [1.29, 1.82) is 0 Å². The lowest BCUT2D eigenvalue weighted by molar-refractivity contribution is -0.122. The number of hydrogen-bond acceptors (Lipinski definition) is 4. The molecule has 0 saturated heterocycles. The molecule has 1 rings (SSSR count). The lowest BCUT2D eigenvalue weighted by Crippen LogP contribution is -2.33. The molecular formula is C13H20N2O2S. The number of aliphatic hydroxyl groups is 1. The van der Waals surface area contributed by atoms with Crippen LogP contribution in [0.4, 0.5) is 0 Å². The van der Waals surface area contributed by atoms with Gasteiger partial charge in [0.15, 0.2) is 0 Å². The van der Waals surface area contributed by atoms with Crippen molar-refractivity contribution in [3.8, 4) is 0 Å². The summed E-state index contributed by atoms with van der Waals surface area (Å²) in [5, 5.41) is 8.67. The molecule has 0 aliphatic carbocycles. The summed E-state index contributed by atoms with van der Waals surface area (Å²) in [4.78, 5) is 11.4. The van der Waals surface area contributed by atoms with Gasteiger partial charge in [-0.1, -0.05) is 24.3 Å². The van der Waals surface area contributed by atoms with Gasteiger partial charge in [0.25, 0.3) is 0 Å². The number of carbonyl (C=O) groups is 1. The third-order valence-corrected chi connectivity index (χ3v) is 3.85. The SMILES string of the molecule is CC(C(=O)NN)c1ccc(CSCCCO)cc1. The standard InChI is InChI=1S/C13H20N2O2S/c1-10(13(17)15-14)12-5-3-11(4-6-12)9-18-8-2-7-16/h3-6,10,16H,2,7-9,14H2,1H3,(H,15,17). The van der Waals surface area contributed by atoms with E-state index in [1.807, 2.05) is 31.2 Å². The Kier molecular flexibility index (Phi) is 6.78. The normalized spacial score (nSPS) is 12.2. The fraction of sp³-hybridized carbons (Fsp3) is 0.462. The lowest BCUT2D eigenvalue weighted by atomic mass is 10.00. The average Bonchev–Trinajstić information content (AvgIpc) is 2.42. The van der Waals surface area contributed by atoms with E-state index in [4.69, 9.17) is 10.9 Å². The maximum Gasteiger partial charge on any atom is 0.241 e. The number of nitrogens with one attached hydrogen (secondary N) is 1. The Labute approximate surface area is 112 Å². The maximum absolute atomic E-state index is 11.4. The predicted octanol–water partition coefficient (Wildman–Crippen LogP) is 1.40. The largest absolute Gasteiger partial charge is 0.396 e. The van der Waals surface area contributed by atoms with Crippen LogP contribution in [-0.2, 0) is 10.5 Å². The Morgan fingerprint density at radius 2 is 2.11 bits per heavy atom. The van der Waals surface area contributed by atoms with Crippen molar-refractivity contribution in [1.82, 2.24) is 5.43 Å². The van der Waals surface area contributed by atoms with Crippen molar-refractivity contribution in [2.45, 2.75) is 25.0 Å². The lowest BCUT2D eigenvalue weighted by Gasteiger charge is -2.10. The Morgan fingerprint density at radius 1 is 1.44 bits per heavy atom. The van der Waals surface area contributed by atoms with Crippen LogP contribution in [0.2, 0.25) is 0 Å². The zero-order valence-electron chi connectivity index (χ0n) is 10.6. The van der Waals surface area contributed by atoms with Crippen molar-refractivity contribution in [2.24, 2.45) is 5.84 Å². The summed E-state index contributed by atoms with van der Waals surface area (Å²) in [7, 11) is 0. The van der Waals surface area contributed by atoms with E-state index in [0.717, 1.165) is 23.5 Å². The first kappa shape index (κ1) is 15.0. The van der Waals surface area contributed by atoms with Gasteiger partial charge in [0.1, 0.15) is 0 Å². The molecule has 100 valence electrons. The zero-order valence-corrected chi connectivity index (χ0v) is 11.4. The van der Waals surface area contributed by atoms with Crippen LogP contribution in [0, 0.1) is 0 Å². The molecule has 18 heavy (non-hydrogen) atoms. The number of carbonyl (C=O) groups excluding carboxylic acids is 1. The van der Waals surface area contributed by atoms with Crippen molar-refractivity contribution in [3.05, 3.63) is 35.4 Å². The molecule has 0 fully saturated rings. The molecule has 1 aromatic rings. The summed E-state index contributed by atoms with van der Waals surface area (Å²) in [6.45, 7) is 2.07. The van der Waals surface area contributed by atoms with Crippen LogP contribution in [0.25, 0.3) is 0 Å². The predicted molar refractivity (Wildman–Crippen MR) is 75.1 cm³/mol. The van der Waals surface area contributed by atoms with Gasteiger partial charge < -0.3 is 5.11 Å². The van der Waals surface area contributed by atoms with Crippen LogP contribution in [-0.4, -0.2) is 23.4 Å². The molecule has 4 nitrogen and oxygen atoms in total. The Balaban J connectivity index is 2.49. The molecule has 0 bridgehead atoms. The smallest absolute Gasteiger partial charge is 0.241 e. The van der Waals surface area contributed by atoms with Crippen LogP contribution in [0.5, 0.6) is 0 Å². The quantitative estimate of drug-likeness (QED) is 0.302. The first-order valence-corrected chi connectivity index (χ1v) is 7.12. The molecule has 0 aromatic heterocycles. The van der Waals surface area contributed by atoms with Crippen molar-refractivity contribution >= 4 is 17.7 Å². The van der Waals surface area contributed by atoms with Crippen LogP contribution < -0.4 is 11.3 Å². The van der Waals surface area contributed by atoms with Crippen LogP contribution >= 0.6 is 11.8 Å². The fourth-order valence-electron chi connectivity index (χ4n) is 1.54. The summed E-state index contributed by atoms with van der Waals surface area (Å²) in [6, 6.07) is 7.98. The van der Waals surface area contributed by atoms with Crippen LogP contribution in [0.1, 0.15) is 30.4 Å². The minimum absolute atomic E-state index is 0.180. The highest BCUT2D eigenvalue weighted by atomic mass is 32.2. The summed E-state index contributed by atoms with van der Waals surface area (Å²) >= 11 is 1.80. The molecule has 0 heterocycles. The molecule has 0 aliphatic rings. The molecule has 1 atom stereocenters. The van der Waals surface area contributed by atoms with Crippen LogP contribution in [0.15, 0.2) is 24.3 Å². The molecule has 0 aliphatic heterocycles. The topological polar surface area (TPSA) is 75.4 Å². The second-order valence-corrected chi connectivity index (χ2v) is 5.21. The Hall–Kier alpha value is -1.04. The maximum atomic E-state index is 11.4. The summed E-state index contributed by atoms with van der Waals surface area (Å²) in [5.41, 5.74) is 4.34. The van der Waals surface area contributed by atoms with E-state index in [-0.39, 0.29) is 18.4 Å². The van der Waals surface area contributed by atoms with Gasteiger partial charge in [0, 0.05) is 12.4 Å². The van der Waals surface area contributed by atoms with Crippen LogP contribution in [0.3, 0.4) is 0 Å². The third kappa shape index (κ3) is 4.68. The minimum Gasteiger partial charge on any atom is -0.396 e. The third-order valence-electron chi connectivity index (χ3n) is 2.73. The summed E-state index contributed by atoms with van der Waals surface area (Å²) < 4.78 is 0. The van der Waals surface area contributed by atoms with E-state index in [1.54, 1.807) is 11.8 Å². The molecule has 4 N–H and O–H groups in total. The molecule has 1 amide bonds. The zero-order chi connectivity index (χ0) is 13.4. The van der Waals surface area contributed by atoms with Gasteiger partial charge >= 0.3 is 0 Å². The minimum atomic E-state index is -0.230. The first-order valence-electron chi connectivity index (χ1n) is 5.97. The number of hydrogen-bond donors (Lipinski definition) is 3. The van der Waals surface area contributed by atoms with E-state index in [1.165, 1.54) is 5.56 Å². The number of aliphatic hydroxyl groups excluding tert-OH is 1. The van der Waals surface area contributed by atoms with Gasteiger partial charge in [0.05, 0.1) is 5.92 Å². The van der Waals surface area contributed by atoms with E-state index in [9.17, 15) is 4.79 Å². The highest BCUT2D eigenvalue weighted by Crippen LogP contribution is 2.18. The van der Waals surface area contributed by atoms with Gasteiger partial charge in [-0.25, -0.2) is 5.84 Å². The van der Waals surface area contributed by atoms with Gasteiger partial charge in [-0.2, -0.15) is 11.8 Å². The Bertz CT molecular complexity index is 368. The van der Waals surface area contributed by atoms with Crippen molar-refractivity contribution < 1.29 is 9.90 Å². The summed E-state index contributed by atoms with van der Waals surface area (Å²) in [5.74, 6) is 6.59. The number of rotatable bonds is 7. The molecule has 0 spiro atoms. The second kappa shape index (κ2) is 8.13. The van der Waals surface area contributed by atoms with E-state index in [0.29, 0.717) is 0 Å². The number of thioether (sulfide) groups is 1. The van der Waals surface area contributed by atoms with Gasteiger partial charge in [-0.15, -0.1) is 0 Å². The van der Waals surface area contributed by atoms with Gasteiger partial charge in [-0.3, -0.25) is 10.2 Å². The van der Waals surface area contributed by atoms with E-state index < -0.39 is 0 Å². The van der Waals surface area contributed by atoms with Gasteiger partial charge in [0.2, 0.25) is 5.91 Å². The average molecular weight is 268 g/mol. The number of amides is 1. The Morgan fingerprint density at radius 3 is 2.67 bits per heavy atom. The molecule has 0 saturated carbocycles. The first-order chi connectivity index (χ1) is 8.69. The van der Waals surface area contributed by atoms with E-state index >= 15 is 0 Å². The number of benzene rings is 1. The highest BCUT2D eigenvalue weighted by molar-refractivity contribution is 7.98. The second-order valence-electron chi connectivity index (χ2n) is 4.10. The monoisotopic (exact) mass is 268 g/mol. The van der Waals surface area contributed by atoms with Gasteiger partial charge in [-0.05, 0) is 30.2 Å². The van der Waals surface area contributed by atoms with E-state index in [2.05, 4.69) is 5.43 Å². The van der Waals surface area contributed by atoms with Crippen molar-refractivity contribution in [3.63, 3.8) is 0 Å². The fourth-order valence-corrected chi connectivity index (χ4v) is 2.44. The number of nitrogens with two attached hydrogens (primary N) is 1. The molecule has 1 aromatic carbocycles. The molecular weight excluding hydrogens is 248 g/mol. The molecule has 1 unspecified atom stereocenters. The highest BCUT2D eigenvalue weighted by Gasteiger charge is 2.13. The number of hydrazine groups is 1. The summed E-state index contributed by atoms with van der Waals surface area (Å²) in [6.07, 6.45) is 0.830. The van der Waals surface area contributed by atoms with Crippen molar-refractivity contribution in [2.75, 3.05) is 12.4 Å². The molecule has 0 radical (unpaired) electrons. The molecule has 5 heteroatoms.